The van der Waals surface area contributed by atoms with Gasteiger partial charge in [-0.2, -0.15) is 0 Å². The molecule has 0 radical (unpaired) electrons. The van der Waals surface area contributed by atoms with Gasteiger partial charge in [0.05, 0.1) is 0 Å². The Morgan fingerprint density at radius 3 is 2.60 bits per heavy atom. The number of anilines is 1. The van der Waals surface area contributed by atoms with Crippen LogP contribution in [0.25, 0.3) is 0 Å². The molecule has 0 unspecified atom stereocenters. The van der Waals surface area contributed by atoms with Crippen LogP contribution in [0.1, 0.15) is 30.4 Å². The van der Waals surface area contributed by atoms with E-state index in [4.69, 9.17) is 5.73 Å². The lowest BCUT2D eigenvalue weighted by atomic mass is 10.1. The second-order valence-corrected chi connectivity index (χ2v) is 4.64. The van der Waals surface area contributed by atoms with Crippen molar-refractivity contribution in [3.05, 3.63) is 29.3 Å². The highest BCUT2D eigenvalue weighted by atomic mass is 15.0. The van der Waals surface area contributed by atoms with E-state index in [0.717, 1.165) is 6.42 Å². The van der Waals surface area contributed by atoms with Gasteiger partial charge < -0.3 is 11.1 Å². The molecule has 0 saturated heterocycles. The van der Waals surface area contributed by atoms with E-state index >= 15 is 0 Å². The SMILES string of the molecule is Cc1ccc(N[C@@H]2CCC[C@H]2N)cc1C. The van der Waals surface area contributed by atoms with Gasteiger partial charge in [-0.3, -0.25) is 0 Å². The topological polar surface area (TPSA) is 38.0 Å². The van der Waals surface area contributed by atoms with Gasteiger partial charge >= 0.3 is 0 Å². The highest BCUT2D eigenvalue weighted by Crippen LogP contribution is 2.22. The molecule has 0 spiro atoms. The third-order valence-corrected chi connectivity index (χ3v) is 3.43. The number of nitrogens with one attached hydrogen (secondary N) is 1. The van der Waals surface area contributed by atoms with Crippen LogP contribution in [0.4, 0.5) is 5.69 Å². The molecule has 1 aliphatic rings. The molecule has 0 aliphatic heterocycles. The minimum atomic E-state index is 0.326. The molecule has 0 heterocycles. The smallest absolute Gasteiger partial charge is 0.0412 e. The van der Waals surface area contributed by atoms with E-state index in [0.29, 0.717) is 12.1 Å². The van der Waals surface area contributed by atoms with Crippen molar-refractivity contribution in [1.82, 2.24) is 0 Å². The standard InChI is InChI=1S/C13H20N2/c1-9-6-7-11(8-10(9)2)15-13-5-3-4-12(13)14/h6-8,12-13,15H,3-5,14H2,1-2H3/t12-,13-/m1/s1. The first-order valence-corrected chi connectivity index (χ1v) is 5.76. The fraction of sp³-hybridized carbons (Fsp3) is 0.538. The van der Waals surface area contributed by atoms with Crippen molar-refractivity contribution in [2.75, 3.05) is 5.32 Å². The molecule has 82 valence electrons. The van der Waals surface area contributed by atoms with Crippen molar-refractivity contribution in [2.45, 2.75) is 45.2 Å². The summed E-state index contributed by atoms with van der Waals surface area (Å²) >= 11 is 0. The third-order valence-electron chi connectivity index (χ3n) is 3.43. The molecule has 1 aliphatic carbocycles. The van der Waals surface area contributed by atoms with Gasteiger partial charge in [-0.1, -0.05) is 6.07 Å². The molecule has 1 fully saturated rings. The molecule has 2 nitrogen and oxygen atoms in total. The molecule has 1 saturated carbocycles. The minimum Gasteiger partial charge on any atom is -0.381 e. The lowest BCUT2D eigenvalue weighted by molar-refractivity contribution is 0.638. The molecule has 1 aromatic carbocycles. The Bertz CT molecular complexity index is 346. The van der Waals surface area contributed by atoms with E-state index in [2.05, 4.69) is 37.4 Å². The zero-order valence-corrected chi connectivity index (χ0v) is 9.59. The van der Waals surface area contributed by atoms with Gasteiger partial charge in [0.15, 0.2) is 0 Å². The fourth-order valence-corrected chi connectivity index (χ4v) is 2.21. The molecule has 0 amide bonds. The van der Waals surface area contributed by atoms with Gasteiger partial charge in [-0.05, 0) is 56.4 Å². The predicted octanol–water partition coefficient (Wildman–Crippen LogP) is 2.60. The Morgan fingerprint density at radius 1 is 1.20 bits per heavy atom. The zero-order chi connectivity index (χ0) is 10.8. The van der Waals surface area contributed by atoms with E-state index in [1.54, 1.807) is 0 Å². The molecule has 1 aromatic rings. The molecule has 0 aromatic heterocycles. The van der Waals surface area contributed by atoms with Gasteiger partial charge in [-0.25, -0.2) is 0 Å². The first-order chi connectivity index (χ1) is 7.16. The first-order valence-electron chi connectivity index (χ1n) is 5.76. The molecule has 2 atom stereocenters. The lowest BCUT2D eigenvalue weighted by Crippen LogP contribution is -2.35. The summed E-state index contributed by atoms with van der Waals surface area (Å²) in [6.45, 7) is 4.29. The summed E-state index contributed by atoms with van der Waals surface area (Å²) < 4.78 is 0. The molecular formula is C13H20N2. The van der Waals surface area contributed by atoms with Crippen LogP contribution in [0.15, 0.2) is 18.2 Å². The van der Waals surface area contributed by atoms with Crippen molar-refractivity contribution in [2.24, 2.45) is 5.73 Å². The Hall–Kier alpha value is -1.02. The van der Waals surface area contributed by atoms with Gasteiger partial charge in [0.25, 0.3) is 0 Å². The van der Waals surface area contributed by atoms with Gasteiger partial charge in [0, 0.05) is 17.8 Å². The zero-order valence-electron chi connectivity index (χ0n) is 9.59. The summed E-state index contributed by atoms with van der Waals surface area (Å²) in [5.41, 5.74) is 9.92. The van der Waals surface area contributed by atoms with Crippen molar-refractivity contribution < 1.29 is 0 Å². The number of hydrogen-bond acceptors (Lipinski definition) is 2. The number of nitrogens with two attached hydrogens (primary N) is 1. The summed E-state index contributed by atoms with van der Waals surface area (Å²) in [6, 6.07) is 7.31. The highest BCUT2D eigenvalue weighted by molar-refractivity contribution is 5.49. The van der Waals surface area contributed by atoms with Gasteiger partial charge in [-0.15, -0.1) is 0 Å². The van der Waals surface area contributed by atoms with Crippen LogP contribution in [0.5, 0.6) is 0 Å². The van der Waals surface area contributed by atoms with E-state index < -0.39 is 0 Å². The second kappa shape index (κ2) is 4.23. The maximum atomic E-state index is 6.03. The average molecular weight is 204 g/mol. The summed E-state index contributed by atoms with van der Waals surface area (Å²) in [5.74, 6) is 0. The summed E-state index contributed by atoms with van der Waals surface area (Å²) in [6.07, 6.45) is 3.61. The quantitative estimate of drug-likeness (QED) is 0.777. The maximum absolute atomic E-state index is 6.03. The largest absolute Gasteiger partial charge is 0.381 e. The molecular weight excluding hydrogens is 184 g/mol. The van der Waals surface area contributed by atoms with Crippen LogP contribution < -0.4 is 11.1 Å². The molecule has 2 heteroatoms. The number of hydrogen-bond donors (Lipinski definition) is 2. The Kier molecular flexibility index (Phi) is 2.96. The first kappa shape index (κ1) is 10.5. The van der Waals surface area contributed by atoms with Crippen molar-refractivity contribution in [3.8, 4) is 0 Å². The summed E-state index contributed by atoms with van der Waals surface area (Å²) in [7, 11) is 0. The van der Waals surface area contributed by atoms with Crippen LogP contribution >= 0.6 is 0 Å². The fourth-order valence-electron chi connectivity index (χ4n) is 2.21. The normalized spacial score (nSPS) is 25.5. The molecule has 0 bridgehead atoms. The Labute approximate surface area is 91.9 Å². The van der Waals surface area contributed by atoms with Crippen LogP contribution in [-0.4, -0.2) is 12.1 Å². The number of aryl methyl sites for hydroxylation is 2. The van der Waals surface area contributed by atoms with Crippen molar-refractivity contribution >= 4 is 5.69 Å². The molecule has 15 heavy (non-hydrogen) atoms. The van der Waals surface area contributed by atoms with E-state index in [9.17, 15) is 0 Å². The average Bonchev–Trinajstić information content (AvgIpc) is 2.59. The predicted molar refractivity (Wildman–Crippen MR) is 65.2 cm³/mol. The van der Waals surface area contributed by atoms with Gasteiger partial charge in [0.1, 0.15) is 0 Å². The molecule has 3 N–H and O–H groups in total. The van der Waals surface area contributed by atoms with Crippen LogP contribution in [0, 0.1) is 13.8 Å². The van der Waals surface area contributed by atoms with Crippen LogP contribution in [0.2, 0.25) is 0 Å². The lowest BCUT2D eigenvalue weighted by Gasteiger charge is -2.19. The van der Waals surface area contributed by atoms with E-state index in [-0.39, 0.29) is 0 Å². The second-order valence-electron chi connectivity index (χ2n) is 4.64. The molecule has 2 rings (SSSR count). The minimum absolute atomic E-state index is 0.326. The van der Waals surface area contributed by atoms with Gasteiger partial charge in [0.2, 0.25) is 0 Å². The van der Waals surface area contributed by atoms with Crippen molar-refractivity contribution in [3.63, 3.8) is 0 Å². The number of rotatable bonds is 2. The van der Waals surface area contributed by atoms with Crippen molar-refractivity contribution in [1.29, 1.82) is 0 Å². The summed E-state index contributed by atoms with van der Waals surface area (Å²) in [5, 5.41) is 3.53. The third kappa shape index (κ3) is 2.32. The van der Waals surface area contributed by atoms with Crippen LogP contribution in [0.3, 0.4) is 0 Å². The van der Waals surface area contributed by atoms with E-state index in [1.807, 2.05) is 0 Å². The maximum Gasteiger partial charge on any atom is 0.0412 e. The van der Waals surface area contributed by atoms with Crippen LogP contribution in [-0.2, 0) is 0 Å². The number of benzene rings is 1. The Morgan fingerprint density at radius 2 is 2.00 bits per heavy atom. The highest BCUT2D eigenvalue weighted by Gasteiger charge is 2.23. The van der Waals surface area contributed by atoms with E-state index in [1.165, 1.54) is 29.7 Å². The monoisotopic (exact) mass is 204 g/mol. The Balaban J connectivity index is 2.07. The summed E-state index contributed by atoms with van der Waals surface area (Å²) in [4.78, 5) is 0.